The average molecular weight is 349 g/mol. The van der Waals surface area contributed by atoms with E-state index in [0.29, 0.717) is 0 Å². The molecular formula is C12H19BrClNSi2. The van der Waals surface area contributed by atoms with Crippen molar-refractivity contribution in [1.29, 1.82) is 0 Å². The van der Waals surface area contributed by atoms with E-state index in [9.17, 15) is 0 Å². The summed E-state index contributed by atoms with van der Waals surface area (Å²) in [7, 11) is 2.00. The molecule has 5 heteroatoms. The number of benzene rings is 1. The maximum Gasteiger partial charge on any atom is 0.0578 e. The molecule has 0 atom stereocenters. The largest absolute Gasteiger partial charge is 0.357 e. The third-order valence-electron chi connectivity index (χ3n) is 4.41. The van der Waals surface area contributed by atoms with Gasteiger partial charge >= 0.3 is 0 Å². The summed E-state index contributed by atoms with van der Waals surface area (Å²) < 4.78 is 1.12. The summed E-state index contributed by atoms with van der Waals surface area (Å²) in [4.78, 5) is 2.52. The molecule has 1 aromatic carbocycles. The van der Waals surface area contributed by atoms with Crippen molar-refractivity contribution in [2.75, 3.05) is 4.90 Å². The number of hydrogen-bond donors (Lipinski definition) is 0. The fourth-order valence-electron chi connectivity index (χ4n) is 2.58. The summed E-state index contributed by atoms with van der Waals surface area (Å²) in [5.74, 6) is 0. The Bertz CT molecular complexity index is 486. The maximum atomic E-state index is 6.31. The molecule has 1 aromatic rings. The van der Waals surface area contributed by atoms with Crippen molar-refractivity contribution in [3.8, 4) is 0 Å². The Hall–Kier alpha value is 0.224. The van der Waals surface area contributed by atoms with Gasteiger partial charge in [0.2, 0.25) is 0 Å². The smallest absolute Gasteiger partial charge is 0.0578 e. The zero-order valence-electron chi connectivity index (χ0n) is 11.3. The molecule has 1 nitrogen and oxygen atoms in total. The van der Waals surface area contributed by atoms with E-state index in [1.165, 1.54) is 16.1 Å². The van der Waals surface area contributed by atoms with Crippen LogP contribution in [0.3, 0.4) is 0 Å². The first-order valence-electron chi connectivity index (χ1n) is 5.88. The van der Waals surface area contributed by atoms with E-state index in [2.05, 4.69) is 54.6 Å². The fourth-order valence-corrected chi connectivity index (χ4v) is 4.96. The van der Waals surface area contributed by atoms with E-state index >= 15 is 0 Å². The molecule has 2 rings (SSSR count). The average Bonchev–Trinajstić information content (AvgIpc) is 2.61. The number of anilines is 1. The van der Waals surface area contributed by atoms with Crippen molar-refractivity contribution < 1.29 is 0 Å². The Morgan fingerprint density at radius 2 is 1.65 bits per heavy atom. The highest BCUT2D eigenvalue weighted by molar-refractivity contribution is 9.10. The third-order valence-corrected chi connectivity index (χ3v) is 8.97. The van der Waals surface area contributed by atoms with Crippen molar-refractivity contribution in [3.05, 3.63) is 15.6 Å². The molecule has 0 N–H and O–H groups in total. The Morgan fingerprint density at radius 1 is 1.18 bits per heavy atom. The lowest BCUT2D eigenvalue weighted by Gasteiger charge is -2.17. The molecule has 0 amide bonds. The Kier molecular flexibility index (Phi) is 3.10. The van der Waals surface area contributed by atoms with Crippen LogP contribution in [0.15, 0.2) is 10.5 Å². The molecule has 1 heterocycles. The molecule has 1 fully saturated rings. The normalized spacial score (nSPS) is 20.9. The lowest BCUT2D eigenvalue weighted by molar-refractivity contribution is 0.652. The van der Waals surface area contributed by atoms with Gasteiger partial charge in [0, 0.05) is 30.6 Å². The van der Waals surface area contributed by atoms with Gasteiger partial charge in [-0.2, -0.15) is 0 Å². The van der Waals surface area contributed by atoms with E-state index in [0.717, 1.165) is 30.0 Å². The number of nitrogens with zero attached hydrogens (tertiary/aromatic N) is 1. The highest BCUT2D eigenvalue weighted by Gasteiger charge is 2.63. The van der Waals surface area contributed by atoms with Crippen LogP contribution >= 0.6 is 27.5 Å². The molecule has 0 spiro atoms. The SMILES string of the molecule is CC1(C)N(c2cc([SiH3])c(Cl)c(Br)c2[SiH3])C1(C)C. The Morgan fingerprint density at radius 3 is 2.06 bits per heavy atom. The van der Waals surface area contributed by atoms with Gasteiger partial charge in [0.1, 0.15) is 0 Å². The monoisotopic (exact) mass is 347 g/mol. The van der Waals surface area contributed by atoms with Crippen LogP contribution in [0.25, 0.3) is 0 Å². The molecule has 0 unspecified atom stereocenters. The van der Waals surface area contributed by atoms with Gasteiger partial charge in [-0.15, -0.1) is 0 Å². The molecule has 1 aliphatic heterocycles. The van der Waals surface area contributed by atoms with Crippen LogP contribution < -0.4 is 15.3 Å². The predicted octanol–water partition coefficient (Wildman–Crippen LogP) is 0.461. The molecule has 0 aliphatic carbocycles. The van der Waals surface area contributed by atoms with Crippen LogP contribution in [0, 0.1) is 0 Å². The second-order valence-electron chi connectivity index (χ2n) is 5.92. The van der Waals surface area contributed by atoms with Crippen molar-refractivity contribution >= 4 is 64.1 Å². The molecule has 0 bridgehead atoms. The number of rotatable bonds is 1. The van der Waals surface area contributed by atoms with Gasteiger partial charge in [-0.05, 0) is 60.1 Å². The molecular weight excluding hydrogens is 330 g/mol. The molecule has 1 saturated heterocycles. The Labute approximate surface area is 123 Å². The molecule has 94 valence electrons. The minimum atomic E-state index is 0.243. The standard InChI is InChI=1S/C12H19BrClNSi2/c1-11(2)12(3,4)15(11)6-5-7(16)9(14)8(13)10(6)17/h5H,1-4,16-17H3. The minimum absolute atomic E-state index is 0.243. The summed E-state index contributed by atoms with van der Waals surface area (Å²) in [6.45, 7) is 9.24. The number of hydrogen-bond acceptors (Lipinski definition) is 1. The minimum Gasteiger partial charge on any atom is -0.357 e. The molecule has 1 aliphatic rings. The topological polar surface area (TPSA) is 3.01 Å². The van der Waals surface area contributed by atoms with Crippen molar-refractivity contribution in [1.82, 2.24) is 0 Å². The van der Waals surface area contributed by atoms with Gasteiger partial charge in [-0.1, -0.05) is 11.6 Å². The first-order chi connectivity index (χ1) is 7.62. The predicted molar refractivity (Wildman–Crippen MR) is 88.9 cm³/mol. The van der Waals surface area contributed by atoms with Crippen LogP contribution in [0.4, 0.5) is 5.69 Å². The zero-order chi connectivity index (χ0) is 13.2. The molecule has 0 aromatic heterocycles. The highest BCUT2D eigenvalue weighted by Crippen LogP contribution is 2.53. The molecule has 0 radical (unpaired) electrons. The van der Waals surface area contributed by atoms with E-state index in [1.807, 2.05) is 0 Å². The summed E-state index contributed by atoms with van der Waals surface area (Å²) in [6, 6.07) is 2.29. The van der Waals surface area contributed by atoms with Crippen LogP contribution in [-0.4, -0.2) is 31.6 Å². The molecule has 0 saturated carbocycles. The maximum absolute atomic E-state index is 6.31. The number of halogens is 2. The Balaban J connectivity index is 2.57. The second kappa shape index (κ2) is 3.86. The van der Waals surface area contributed by atoms with Gasteiger partial charge in [-0.3, -0.25) is 0 Å². The first-order valence-corrected chi connectivity index (χ1v) is 9.05. The summed E-state index contributed by atoms with van der Waals surface area (Å²) in [5.41, 5.74) is 1.87. The van der Waals surface area contributed by atoms with E-state index < -0.39 is 0 Å². The van der Waals surface area contributed by atoms with Crippen LogP contribution in [0.2, 0.25) is 5.02 Å². The van der Waals surface area contributed by atoms with E-state index in [4.69, 9.17) is 11.6 Å². The van der Waals surface area contributed by atoms with Gasteiger partial charge < -0.3 is 4.90 Å². The van der Waals surface area contributed by atoms with Crippen LogP contribution in [0.1, 0.15) is 27.7 Å². The zero-order valence-corrected chi connectivity index (χ0v) is 17.6. The quantitative estimate of drug-likeness (QED) is 0.526. The van der Waals surface area contributed by atoms with Gasteiger partial charge in [-0.25, -0.2) is 0 Å². The van der Waals surface area contributed by atoms with Crippen molar-refractivity contribution in [3.63, 3.8) is 0 Å². The first kappa shape index (κ1) is 13.7. The van der Waals surface area contributed by atoms with E-state index in [1.54, 1.807) is 0 Å². The lowest BCUT2D eigenvalue weighted by Crippen LogP contribution is -2.23. The molecule has 17 heavy (non-hydrogen) atoms. The summed E-state index contributed by atoms with van der Waals surface area (Å²) >= 11 is 9.96. The summed E-state index contributed by atoms with van der Waals surface area (Å²) in [5, 5.41) is 3.59. The van der Waals surface area contributed by atoms with Crippen LogP contribution in [0.5, 0.6) is 0 Å². The summed E-state index contributed by atoms with van der Waals surface area (Å²) in [6.07, 6.45) is 0. The van der Waals surface area contributed by atoms with Gasteiger partial charge in [0.05, 0.1) is 16.1 Å². The third kappa shape index (κ3) is 1.76. The van der Waals surface area contributed by atoms with Crippen molar-refractivity contribution in [2.45, 2.75) is 38.8 Å². The lowest BCUT2D eigenvalue weighted by atomic mass is 10.0. The van der Waals surface area contributed by atoms with Crippen molar-refractivity contribution in [2.24, 2.45) is 0 Å². The van der Waals surface area contributed by atoms with Crippen LogP contribution in [-0.2, 0) is 0 Å². The highest BCUT2D eigenvalue weighted by atomic mass is 79.9. The van der Waals surface area contributed by atoms with Gasteiger partial charge in [0.15, 0.2) is 0 Å². The second-order valence-corrected chi connectivity index (χ2v) is 9.17. The fraction of sp³-hybridized carbons (Fsp3) is 0.500. The van der Waals surface area contributed by atoms with Gasteiger partial charge in [0.25, 0.3) is 0 Å². The van der Waals surface area contributed by atoms with E-state index in [-0.39, 0.29) is 11.1 Å².